The number of ketones is 1. The van der Waals surface area contributed by atoms with Gasteiger partial charge in [0, 0.05) is 12.8 Å². The second kappa shape index (κ2) is 34.9. The van der Waals surface area contributed by atoms with Crippen molar-refractivity contribution in [2.24, 2.45) is 10.7 Å². The molecular formula is C42H85N3O5S. The number of carbonyl (C=O) groups excluding carboxylic acids is 1. The number of aliphatic imine (C=N–C) groups is 1. The summed E-state index contributed by atoms with van der Waals surface area (Å²) >= 11 is 0. The Labute approximate surface area is 317 Å². The third-order valence-electron chi connectivity index (χ3n) is 10.9. The van der Waals surface area contributed by atoms with E-state index < -0.39 is 10.4 Å². The van der Waals surface area contributed by atoms with Crippen molar-refractivity contribution in [1.29, 1.82) is 0 Å². The average molecular weight is 744 g/mol. The molecule has 1 heterocycles. The van der Waals surface area contributed by atoms with Crippen LogP contribution in [-0.4, -0.2) is 62.5 Å². The second-order valence-electron chi connectivity index (χ2n) is 15.6. The van der Waals surface area contributed by atoms with E-state index in [1.807, 2.05) is 0 Å². The van der Waals surface area contributed by atoms with Gasteiger partial charge in [-0.05, 0) is 12.8 Å². The highest BCUT2D eigenvalue weighted by molar-refractivity contribution is 7.80. The van der Waals surface area contributed by atoms with E-state index in [2.05, 4.69) is 25.1 Å². The van der Waals surface area contributed by atoms with E-state index in [1.165, 1.54) is 192 Å². The first-order valence-corrected chi connectivity index (χ1v) is 23.1. The molecule has 8 nitrogen and oxygen atoms in total. The van der Waals surface area contributed by atoms with Gasteiger partial charge in [0.05, 0.1) is 27.1 Å². The highest BCUT2D eigenvalue weighted by atomic mass is 32.3. The third-order valence-corrected chi connectivity index (χ3v) is 11.3. The number of quaternary nitrogens is 1. The molecule has 2 atom stereocenters. The van der Waals surface area contributed by atoms with Gasteiger partial charge in [-0.15, -0.1) is 0 Å². The Balaban J connectivity index is 0.00000381. The molecule has 0 bridgehead atoms. The predicted molar refractivity (Wildman–Crippen MR) is 217 cm³/mol. The first-order chi connectivity index (χ1) is 24.6. The Bertz CT molecular complexity index is 929. The molecular weight excluding hydrogens is 659 g/mol. The molecule has 0 aromatic rings. The summed E-state index contributed by atoms with van der Waals surface area (Å²) in [6, 6.07) is 0. The lowest BCUT2D eigenvalue weighted by Gasteiger charge is -2.35. The molecule has 2 N–H and O–H groups in total. The van der Waals surface area contributed by atoms with E-state index in [4.69, 9.17) is 10.7 Å². The van der Waals surface area contributed by atoms with Crippen LogP contribution in [0, 0.1) is 0 Å². The Morgan fingerprint density at radius 2 is 0.980 bits per heavy atom. The number of carbonyl (C=O) groups is 1. The maximum Gasteiger partial charge on any atom is 0.217 e. The van der Waals surface area contributed by atoms with Crippen molar-refractivity contribution >= 4 is 22.0 Å². The summed E-state index contributed by atoms with van der Waals surface area (Å²) in [5, 5.41) is 0. The van der Waals surface area contributed by atoms with E-state index in [1.54, 1.807) is 0 Å². The summed E-state index contributed by atoms with van der Waals surface area (Å²) in [5.74, 6) is 1.60. The lowest BCUT2D eigenvalue weighted by molar-refractivity contribution is -0.841. The molecule has 0 aromatic heterocycles. The van der Waals surface area contributed by atoms with Gasteiger partial charge >= 0.3 is 0 Å². The van der Waals surface area contributed by atoms with Gasteiger partial charge in [-0.2, -0.15) is 0 Å². The molecule has 51 heavy (non-hydrogen) atoms. The van der Waals surface area contributed by atoms with Crippen molar-refractivity contribution in [3.8, 4) is 0 Å². The number of nitrogens with two attached hydrogens (primary N) is 1. The van der Waals surface area contributed by atoms with Crippen LogP contribution in [0.25, 0.3) is 0 Å². The van der Waals surface area contributed by atoms with Gasteiger partial charge in [0.25, 0.3) is 0 Å². The van der Waals surface area contributed by atoms with Crippen molar-refractivity contribution in [3.63, 3.8) is 0 Å². The fourth-order valence-electron chi connectivity index (χ4n) is 7.25. The van der Waals surface area contributed by atoms with Gasteiger partial charge in [0.15, 0.2) is 12.0 Å². The van der Waals surface area contributed by atoms with E-state index in [0.29, 0.717) is 23.1 Å². The van der Waals surface area contributed by atoms with Crippen molar-refractivity contribution in [2.45, 2.75) is 232 Å². The topological polar surface area (TPSA) is 122 Å². The van der Waals surface area contributed by atoms with E-state index in [9.17, 15) is 17.8 Å². The number of hydrogen-bond acceptors (Lipinski definition) is 7. The molecule has 9 heteroatoms. The normalized spacial score (nSPS) is 16.5. The van der Waals surface area contributed by atoms with Crippen molar-refractivity contribution in [3.05, 3.63) is 0 Å². The zero-order chi connectivity index (χ0) is 37.9. The Morgan fingerprint density at radius 3 is 1.31 bits per heavy atom. The monoisotopic (exact) mass is 744 g/mol. The fraction of sp³-hybridized carbons (Fsp3) is 0.952. The van der Waals surface area contributed by atoms with Gasteiger partial charge in [0.2, 0.25) is 10.4 Å². The highest BCUT2D eigenvalue weighted by Gasteiger charge is 2.39. The molecule has 1 rings (SSSR count). The predicted octanol–water partition coefficient (Wildman–Crippen LogP) is 11.7. The molecule has 0 fully saturated rings. The first kappa shape index (κ1) is 50.1. The van der Waals surface area contributed by atoms with Crippen molar-refractivity contribution in [2.75, 3.05) is 27.2 Å². The molecule has 0 radical (unpaired) electrons. The molecule has 2 unspecified atom stereocenters. The SMILES string of the molecule is CCCCCCCCCCCCCCCCCC(=O)CC(N)[N+]1(C)CCN=C1CCCCCCCCCCCCCCCCC.COS(=O)(=O)[O-]. The Kier molecular flexibility index (Phi) is 34.3. The number of rotatable bonds is 36. The zero-order valence-electron chi connectivity index (χ0n) is 34.2. The van der Waals surface area contributed by atoms with Gasteiger partial charge in [-0.1, -0.05) is 194 Å². The Morgan fingerprint density at radius 1 is 0.667 bits per heavy atom. The van der Waals surface area contributed by atoms with Crippen LogP contribution in [0.15, 0.2) is 4.99 Å². The van der Waals surface area contributed by atoms with E-state index in [-0.39, 0.29) is 6.17 Å². The minimum atomic E-state index is -4.41. The number of likely N-dealkylation sites (N-methyl/N-ethyl adjacent to an activating group) is 1. The summed E-state index contributed by atoms with van der Waals surface area (Å²) in [4.78, 5) is 17.6. The molecule has 304 valence electrons. The number of amidine groups is 1. The average Bonchev–Trinajstić information content (AvgIpc) is 3.49. The molecule has 0 saturated carbocycles. The standard InChI is InChI=1S/C41H82N3O.CH4O4S/c1-4-6-8-10-12-14-16-18-20-22-24-26-28-30-32-34-39(45)38-40(42)44(3)37-36-43-41(44)35-33-31-29-27-25-23-21-19-17-15-13-11-9-7-5-2;1-5-6(2,3)4/h40H,4-38,42H2,1-3H3;1H3,(H,2,3,4)/q+1;/p-1. The summed E-state index contributed by atoms with van der Waals surface area (Å²) in [7, 11) is -1.38. The van der Waals surface area contributed by atoms with Crippen LogP contribution in [0.4, 0.5) is 0 Å². The second-order valence-corrected chi connectivity index (χ2v) is 16.7. The number of Topliss-reactive ketones (excluding diaryl/α,β-unsaturated/α-hetero) is 1. The number of nitrogens with zero attached hydrogens (tertiary/aromatic N) is 2. The molecule has 1 aliphatic heterocycles. The smallest absolute Gasteiger partial charge is 0.217 e. The minimum absolute atomic E-state index is 0.133. The summed E-state index contributed by atoms with van der Waals surface area (Å²) in [6.07, 6.45) is 43.4. The first-order valence-electron chi connectivity index (χ1n) is 21.8. The third kappa shape index (κ3) is 31.2. The van der Waals surface area contributed by atoms with Crippen LogP contribution in [0.3, 0.4) is 0 Å². The van der Waals surface area contributed by atoms with Crippen molar-refractivity contribution < 1.29 is 26.4 Å². The van der Waals surface area contributed by atoms with E-state index in [0.717, 1.165) is 33.0 Å². The largest absolute Gasteiger partial charge is 0.726 e. The minimum Gasteiger partial charge on any atom is -0.726 e. The van der Waals surface area contributed by atoms with Crippen LogP contribution < -0.4 is 5.73 Å². The molecule has 0 amide bonds. The van der Waals surface area contributed by atoms with Crippen LogP contribution in [0.1, 0.15) is 226 Å². The summed E-state index contributed by atoms with van der Waals surface area (Å²) < 4.78 is 31.7. The molecule has 0 aromatic carbocycles. The van der Waals surface area contributed by atoms with Gasteiger partial charge in [-0.3, -0.25) is 19.2 Å². The van der Waals surface area contributed by atoms with Gasteiger partial charge in [-0.25, -0.2) is 13.4 Å². The summed E-state index contributed by atoms with van der Waals surface area (Å²) in [6.45, 7) is 6.41. The zero-order valence-corrected chi connectivity index (χ0v) is 35.1. The van der Waals surface area contributed by atoms with Crippen LogP contribution in [-0.2, 0) is 19.4 Å². The van der Waals surface area contributed by atoms with Crippen molar-refractivity contribution in [1.82, 2.24) is 0 Å². The van der Waals surface area contributed by atoms with Crippen LogP contribution in [0.2, 0.25) is 0 Å². The molecule has 0 spiro atoms. The maximum atomic E-state index is 12.8. The van der Waals surface area contributed by atoms with Gasteiger partial charge < -0.3 is 4.55 Å². The van der Waals surface area contributed by atoms with Crippen LogP contribution >= 0.6 is 0 Å². The molecule has 1 aliphatic rings. The lowest BCUT2D eigenvalue weighted by Crippen LogP contribution is -2.59. The highest BCUT2D eigenvalue weighted by Crippen LogP contribution is 2.23. The number of hydrogen-bond donors (Lipinski definition) is 1. The van der Waals surface area contributed by atoms with E-state index >= 15 is 0 Å². The molecule has 0 saturated heterocycles. The quantitative estimate of drug-likeness (QED) is 0.0295. The van der Waals surface area contributed by atoms with Gasteiger partial charge in [0.1, 0.15) is 12.3 Å². The summed E-state index contributed by atoms with van der Waals surface area (Å²) in [5.41, 5.74) is 6.69. The maximum absolute atomic E-state index is 12.8. The van der Waals surface area contributed by atoms with Crippen LogP contribution in [0.5, 0.6) is 0 Å². The Hall–Kier alpha value is -0.870. The number of unbranched alkanes of at least 4 members (excludes halogenated alkanes) is 28. The lowest BCUT2D eigenvalue weighted by atomic mass is 10.0. The fourth-order valence-corrected chi connectivity index (χ4v) is 7.25. The molecule has 0 aliphatic carbocycles.